The monoisotopic (exact) mass is 177 g/mol. The van der Waals surface area contributed by atoms with Crippen LogP contribution < -0.4 is 0 Å². The molecule has 12 heavy (non-hydrogen) atoms. The van der Waals surface area contributed by atoms with Crippen LogP contribution in [0.5, 0.6) is 0 Å². The first-order chi connectivity index (χ1) is 5.54. The number of aldehydes is 1. The zero-order valence-corrected chi connectivity index (χ0v) is 5.54. The van der Waals surface area contributed by atoms with E-state index in [-0.39, 0.29) is 12.0 Å². The van der Waals surface area contributed by atoms with Crippen molar-refractivity contribution in [2.24, 2.45) is 0 Å². The molecule has 0 fully saturated rings. The van der Waals surface area contributed by atoms with E-state index in [4.69, 9.17) is 0 Å². The molecule has 0 amide bonds. The predicted octanol–water partition coefficient (Wildman–Crippen LogP) is 0.703. The fourth-order valence-corrected chi connectivity index (χ4v) is 0.468. The maximum Gasteiger partial charge on any atom is 0.453 e. The van der Waals surface area contributed by atoms with Crippen LogP contribution in [0.2, 0.25) is 0 Å². The molecule has 4 nitrogen and oxygen atoms in total. The van der Waals surface area contributed by atoms with E-state index in [2.05, 4.69) is 15.2 Å². The van der Waals surface area contributed by atoms with Gasteiger partial charge in [-0.2, -0.15) is 13.2 Å². The van der Waals surface area contributed by atoms with Gasteiger partial charge < -0.3 is 0 Å². The quantitative estimate of drug-likeness (QED) is 0.592. The molecular formula is C5H2F3N3O. The molecule has 1 rings (SSSR count). The summed E-state index contributed by atoms with van der Waals surface area (Å²) in [5.74, 6) is -1.35. The molecular weight excluding hydrogens is 175 g/mol. The highest BCUT2D eigenvalue weighted by Gasteiger charge is 2.34. The van der Waals surface area contributed by atoms with Gasteiger partial charge in [0.05, 0.1) is 6.20 Å². The van der Waals surface area contributed by atoms with Crippen molar-refractivity contribution in [2.45, 2.75) is 6.18 Å². The van der Waals surface area contributed by atoms with Gasteiger partial charge in [-0.3, -0.25) is 4.79 Å². The Balaban J connectivity index is 3.00. The lowest BCUT2D eigenvalue weighted by atomic mass is 10.5. The summed E-state index contributed by atoms with van der Waals surface area (Å²) in [4.78, 5) is 12.8. The fourth-order valence-electron chi connectivity index (χ4n) is 0.468. The zero-order valence-electron chi connectivity index (χ0n) is 5.54. The number of aromatic nitrogens is 3. The second-order valence-electron chi connectivity index (χ2n) is 1.82. The Labute approximate surface area is 64.4 Å². The van der Waals surface area contributed by atoms with Gasteiger partial charge in [0.1, 0.15) is 5.69 Å². The number of carbonyl (C=O) groups excluding carboxylic acids is 1. The molecule has 0 aliphatic carbocycles. The second-order valence-corrected chi connectivity index (χ2v) is 1.82. The summed E-state index contributed by atoms with van der Waals surface area (Å²) in [7, 11) is 0. The van der Waals surface area contributed by atoms with Crippen LogP contribution in [0.15, 0.2) is 6.20 Å². The highest BCUT2D eigenvalue weighted by atomic mass is 19.4. The molecule has 0 saturated carbocycles. The van der Waals surface area contributed by atoms with Crippen molar-refractivity contribution in [2.75, 3.05) is 0 Å². The normalized spacial score (nSPS) is 11.2. The third-order valence-electron chi connectivity index (χ3n) is 0.954. The summed E-state index contributed by atoms with van der Waals surface area (Å²) in [6, 6.07) is 0. The number of carbonyl (C=O) groups is 1. The molecule has 0 spiro atoms. The van der Waals surface area contributed by atoms with Gasteiger partial charge in [0, 0.05) is 0 Å². The number of alkyl halides is 3. The minimum atomic E-state index is -4.62. The van der Waals surface area contributed by atoms with E-state index in [0.717, 1.165) is 0 Å². The van der Waals surface area contributed by atoms with Gasteiger partial charge in [0.15, 0.2) is 6.29 Å². The van der Waals surface area contributed by atoms with Gasteiger partial charge in [-0.15, -0.1) is 10.2 Å². The van der Waals surface area contributed by atoms with Crippen molar-refractivity contribution in [1.82, 2.24) is 15.2 Å². The van der Waals surface area contributed by atoms with Gasteiger partial charge in [-0.25, -0.2) is 4.98 Å². The summed E-state index contributed by atoms with van der Waals surface area (Å²) in [6.45, 7) is 0. The molecule has 0 unspecified atom stereocenters. The summed E-state index contributed by atoms with van der Waals surface area (Å²) in [6.07, 6.45) is -3.64. The third-order valence-corrected chi connectivity index (χ3v) is 0.954. The van der Waals surface area contributed by atoms with E-state index >= 15 is 0 Å². The molecule has 0 aliphatic heterocycles. The molecule has 1 aromatic heterocycles. The molecule has 0 aliphatic rings. The van der Waals surface area contributed by atoms with Crippen molar-refractivity contribution in [3.05, 3.63) is 17.7 Å². The van der Waals surface area contributed by atoms with Gasteiger partial charge in [0.25, 0.3) is 5.82 Å². The molecule has 0 N–H and O–H groups in total. The van der Waals surface area contributed by atoms with Crippen molar-refractivity contribution in [1.29, 1.82) is 0 Å². The summed E-state index contributed by atoms with van der Waals surface area (Å²) in [5, 5.41) is 5.67. The first-order valence-electron chi connectivity index (χ1n) is 2.76. The Morgan fingerprint density at radius 1 is 1.33 bits per heavy atom. The fraction of sp³-hybridized carbons (Fsp3) is 0.200. The summed E-state index contributed by atoms with van der Waals surface area (Å²) < 4.78 is 35.3. The van der Waals surface area contributed by atoms with Crippen LogP contribution >= 0.6 is 0 Å². The topological polar surface area (TPSA) is 55.7 Å². The molecule has 0 atom stereocenters. The summed E-state index contributed by atoms with van der Waals surface area (Å²) in [5.41, 5.74) is -0.233. The number of rotatable bonds is 1. The van der Waals surface area contributed by atoms with Gasteiger partial charge >= 0.3 is 6.18 Å². The number of nitrogens with zero attached hydrogens (tertiary/aromatic N) is 3. The lowest BCUT2D eigenvalue weighted by molar-refractivity contribution is -0.145. The smallest absolute Gasteiger partial charge is 0.296 e. The minimum Gasteiger partial charge on any atom is -0.296 e. The largest absolute Gasteiger partial charge is 0.453 e. The van der Waals surface area contributed by atoms with Crippen LogP contribution in [-0.4, -0.2) is 21.5 Å². The summed E-state index contributed by atoms with van der Waals surface area (Å²) >= 11 is 0. The average molecular weight is 177 g/mol. The van der Waals surface area contributed by atoms with Gasteiger partial charge in [-0.1, -0.05) is 0 Å². The highest BCUT2D eigenvalue weighted by Crippen LogP contribution is 2.24. The third kappa shape index (κ3) is 1.74. The number of hydrogen-bond acceptors (Lipinski definition) is 4. The minimum absolute atomic E-state index is 0.233. The molecule has 7 heteroatoms. The van der Waals surface area contributed by atoms with Crippen molar-refractivity contribution in [3.8, 4) is 0 Å². The first kappa shape index (κ1) is 8.57. The van der Waals surface area contributed by atoms with Gasteiger partial charge in [0.2, 0.25) is 0 Å². The predicted molar refractivity (Wildman–Crippen MR) is 30.2 cm³/mol. The number of halogens is 3. The van der Waals surface area contributed by atoms with E-state index in [1.54, 1.807) is 0 Å². The van der Waals surface area contributed by atoms with E-state index in [0.29, 0.717) is 6.20 Å². The number of hydrogen-bond donors (Lipinski definition) is 0. The second kappa shape index (κ2) is 2.84. The molecule has 0 saturated heterocycles. The van der Waals surface area contributed by atoms with E-state index < -0.39 is 12.0 Å². The molecule has 0 bridgehead atoms. The van der Waals surface area contributed by atoms with Crippen LogP contribution in [0, 0.1) is 0 Å². The van der Waals surface area contributed by atoms with E-state index in [1.807, 2.05) is 0 Å². The van der Waals surface area contributed by atoms with E-state index in [1.165, 1.54) is 0 Å². The first-order valence-corrected chi connectivity index (χ1v) is 2.76. The maximum absolute atomic E-state index is 11.8. The Morgan fingerprint density at radius 2 is 2.00 bits per heavy atom. The molecule has 1 heterocycles. The lowest BCUT2D eigenvalue weighted by Crippen LogP contribution is -2.12. The average Bonchev–Trinajstić information content (AvgIpc) is 2.03. The maximum atomic E-state index is 11.8. The Morgan fingerprint density at radius 3 is 2.33 bits per heavy atom. The van der Waals surface area contributed by atoms with Crippen molar-refractivity contribution >= 4 is 6.29 Å². The Kier molecular flexibility index (Phi) is 2.03. The zero-order chi connectivity index (χ0) is 9.19. The molecule has 64 valence electrons. The van der Waals surface area contributed by atoms with Crippen LogP contribution in [0.25, 0.3) is 0 Å². The molecule has 0 radical (unpaired) electrons. The molecule has 1 aromatic rings. The van der Waals surface area contributed by atoms with Crippen LogP contribution in [0.4, 0.5) is 13.2 Å². The van der Waals surface area contributed by atoms with Crippen molar-refractivity contribution < 1.29 is 18.0 Å². The standard InChI is InChI=1S/C5H2F3N3O/c6-5(7,8)4-9-1-3(2-12)10-11-4/h1-2H. The van der Waals surface area contributed by atoms with Crippen LogP contribution in [0.1, 0.15) is 16.3 Å². The van der Waals surface area contributed by atoms with E-state index in [9.17, 15) is 18.0 Å². The lowest BCUT2D eigenvalue weighted by Gasteiger charge is -2.01. The van der Waals surface area contributed by atoms with Crippen LogP contribution in [-0.2, 0) is 6.18 Å². The SMILES string of the molecule is O=Cc1cnc(C(F)(F)F)nn1. The van der Waals surface area contributed by atoms with Crippen molar-refractivity contribution in [3.63, 3.8) is 0 Å². The molecule has 0 aromatic carbocycles. The van der Waals surface area contributed by atoms with Gasteiger partial charge in [-0.05, 0) is 0 Å². The van der Waals surface area contributed by atoms with Crippen LogP contribution in [0.3, 0.4) is 0 Å². The highest BCUT2D eigenvalue weighted by molar-refractivity contribution is 5.70. The Bertz CT molecular complexity index is 281. The Hall–Kier alpha value is -1.53.